The first-order chi connectivity index (χ1) is 9.75. The van der Waals surface area contributed by atoms with Crippen molar-refractivity contribution < 1.29 is 4.74 Å². The number of benzene rings is 1. The van der Waals surface area contributed by atoms with Crippen LogP contribution in [0.3, 0.4) is 0 Å². The second-order valence-electron chi connectivity index (χ2n) is 3.84. The molecule has 2 nitrogen and oxygen atoms in total. The van der Waals surface area contributed by atoms with Gasteiger partial charge < -0.3 is 4.74 Å². The molecule has 0 saturated heterocycles. The molecular formula is C18H27NO. The molecule has 1 heterocycles. The summed E-state index contributed by atoms with van der Waals surface area (Å²) in [7, 11) is 0. The second kappa shape index (κ2) is 11.0. The van der Waals surface area contributed by atoms with Crippen LogP contribution < -0.4 is 4.74 Å². The molecule has 2 rings (SSSR count). The SMILES string of the molecule is CC.CC.Cc1ccc(OC(C)c2ccccc2)nc1. The van der Waals surface area contributed by atoms with Gasteiger partial charge >= 0.3 is 0 Å². The summed E-state index contributed by atoms with van der Waals surface area (Å²) in [6, 6.07) is 14.0. The van der Waals surface area contributed by atoms with E-state index < -0.39 is 0 Å². The van der Waals surface area contributed by atoms with E-state index in [1.807, 2.05) is 78.1 Å². The highest BCUT2D eigenvalue weighted by atomic mass is 16.5. The Balaban J connectivity index is 0.000000829. The number of aryl methyl sites for hydroxylation is 1. The number of rotatable bonds is 3. The van der Waals surface area contributed by atoms with Crippen LogP contribution in [0.15, 0.2) is 48.7 Å². The average Bonchev–Trinajstić information content (AvgIpc) is 2.54. The predicted octanol–water partition coefficient (Wildman–Crippen LogP) is 5.58. The summed E-state index contributed by atoms with van der Waals surface area (Å²) in [6.45, 7) is 12.0. The average molecular weight is 273 g/mol. The van der Waals surface area contributed by atoms with Gasteiger partial charge in [0, 0.05) is 12.3 Å². The van der Waals surface area contributed by atoms with Gasteiger partial charge in [-0.3, -0.25) is 0 Å². The minimum Gasteiger partial charge on any atom is -0.470 e. The van der Waals surface area contributed by atoms with Crippen LogP contribution in [0.1, 0.15) is 51.8 Å². The Hall–Kier alpha value is -1.83. The van der Waals surface area contributed by atoms with Crippen molar-refractivity contribution in [3.05, 3.63) is 59.8 Å². The fourth-order valence-corrected chi connectivity index (χ4v) is 1.50. The van der Waals surface area contributed by atoms with Crippen molar-refractivity contribution in [2.75, 3.05) is 0 Å². The summed E-state index contributed by atoms with van der Waals surface area (Å²) < 4.78 is 5.74. The lowest BCUT2D eigenvalue weighted by Gasteiger charge is -2.13. The van der Waals surface area contributed by atoms with Crippen molar-refractivity contribution in [3.63, 3.8) is 0 Å². The van der Waals surface area contributed by atoms with E-state index in [1.165, 1.54) is 0 Å². The zero-order valence-corrected chi connectivity index (χ0v) is 13.6. The largest absolute Gasteiger partial charge is 0.470 e. The van der Waals surface area contributed by atoms with Crippen molar-refractivity contribution >= 4 is 0 Å². The maximum Gasteiger partial charge on any atom is 0.213 e. The highest BCUT2D eigenvalue weighted by Gasteiger charge is 2.06. The van der Waals surface area contributed by atoms with E-state index in [-0.39, 0.29) is 6.10 Å². The third-order valence-electron chi connectivity index (χ3n) is 2.45. The van der Waals surface area contributed by atoms with E-state index in [0.717, 1.165) is 11.1 Å². The predicted molar refractivity (Wildman–Crippen MR) is 87.2 cm³/mol. The van der Waals surface area contributed by atoms with Crippen molar-refractivity contribution in [2.45, 2.75) is 47.6 Å². The van der Waals surface area contributed by atoms with Crippen molar-refractivity contribution in [1.82, 2.24) is 4.98 Å². The van der Waals surface area contributed by atoms with Crippen molar-refractivity contribution in [3.8, 4) is 5.88 Å². The number of pyridine rings is 1. The molecule has 20 heavy (non-hydrogen) atoms. The van der Waals surface area contributed by atoms with Gasteiger partial charge in [-0.25, -0.2) is 4.98 Å². The molecule has 0 amide bonds. The van der Waals surface area contributed by atoms with E-state index in [1.54, 1.807) is 0 Å². The summed E-state index contributed by atoms with van der Waals surface area (Å²) in [4.78, 5) is 4.22. The fourth-order valence-electron chi connectivity index (χ4n) is 1.50. The van der Waals surface area contributed by atoms with Crippen molar-refractivity contribution in [2.24, 2.45) is 0 Å². The molecule has 0 aliphatic rings. The van der Waals surface area contributed by atoms with Gasteiger partial charge in [0.1, 0.15) is 6.10 Å². The lowest BCUT2D eigenvalue weighted by molar-refractivity contribution is 0.217. The van der Waals surface area contributed by atoms with Gasteiger partial charge in [0.15, 0.2) is 0 Å². The Morgan fingerprint density at radius 1 is 0.900 bits per heavy atom. The van der Waals surface area contributed by atoms with E-state index in [9.17, 15) is 0 Å². The van der Waals surface area contributed by atoms with Gasteiger partial charge in [0.05, 0.1) is 0 Å². The van der Waals surface area contributed by atoms with Crippen LogP contribution in [0.2, 0.25) is 0 Å². The van der Waals surface area contributed by atoms with Crippen LogP contribution in [0, 0.1) is 6.92 Å². The molecule has 0 spiro atoms. The molecule has 1 unspecified atom stereocenters. The first-order valence-electron chi connectivity index (χ1n) is 7.40. The van der Waals surface area contributed by atoms with Gasteiger partial charge in [0.25, 0.3) is 0 Å². The molecule has 0 aliphatic heterocycles. The maximum absolute atomic E-state index is 5.74. The van der Waals surface area contributed by atoms with Crippen LogP contribution in [-0.2, 0) is 0 Å². The molecule has 1 atom stereocenters. The molecule has 2 aromatic rings. The van der Waals surface area contributed by atoms with Crippen molar-refractivity contribution in [1.29, 1.82) is 0 Å². The van der Waals surface area contributed by atoms with Crippen LogP contribution in [-0.4, -0.2) is 4.98 Å². The Morgan fingerprint density at radius 3 is 2.00 bits per heavy atom. The molecule has 0 bridgehead atoms. The Morgan fingerprint density at radius 2 is 1.50 bits per heavy atom. The molecule has 0 fully saturated rings. The summed E-state index contributed by atoms with van der Waals surface area (Å²) in [5, 5.41) is 0. The number of hydrogen-bond acceptors (Lipinski definition) is 2. The lowest BCUT2D eigenvalue weighted by Crippen LogP contribution is -2.03. The summed E-state index contributed by atoms with van der Waals surface area (Å²) in [5.41, 5.74) is 2.30. The minimum atomic E-state index is 0.0245. The number of nitrogens with zero attached hydrogens (tertiary/aromatic N) is 1. The Bertz CT molecular complexity index is 437. The zero-order valence-electron chi connectivity index (χ0n) is 13.6. The first-order valence-corrected chi connectivity index (χ1v) is 7.40. The van der Waals surface area contributed by atoms with Crippen LogP contribution >= 0.6 is 0 Å². The maximum atomic E-state index is 5.74. The van der Waals surface area contributed by atoms with Gasteiger partial charge in [0.2, 0.25) is 5.88 Å². The van der Waals surface area contributed by atoms with E-state index in [2.05, 4.69) is 17.1 Å². The van der Waals surface area contributed by atoms with E-state index >= 15 is 0 Å². The second-order valence-corrected chi connectivity index (χ2v) is 3.84. The number of hydrogen-bond donors (Lipinski definition) is 0. The third kappa shape index (κ3) is 6.37. The third-order valence-corrected chi connectivity index (χ3v) is 2.45. The molecule has 0 saturated carbocycles. The van der Waals surface area contributed by atoms with E-state index in [0.29, 0.717) is 5.88 Å². The van der Waals surface area contributed by atoms with Gasteiger partial charge in [-0.2, -0.15) is 0 Å². The number of aromatic nitrogens is 1. The van der Waals surface area contributed by atoms with E-state index in [4.69, 9.17) is 4.74 Å². The minimum absolute atomic E-state index is 0.0245. The quantitative estimate of drug-likeness (QED) is 0.728. The monoisotopic (exact) mass is 273 g/mol. The fraction of sp³-hybridized carbons (Fsp3) is 0.389. The molecule has 1 aromatic carbocycles. The standard InChI is InChI=1S/C14H15NO.2C2H6/c1-11-8-9-14(15-10-11)16-12(2)13-6-4-3-5-7-13;2*1-2/h3-10,12H,1-2H3;2*1-2H3. The molecule has 0 radical (unpaired) electrons. The van der Waals surface area contributed by atoms with Crippen LogP contribution in [0.25, 0.3) is 0 Å². The Kier molecular flexibility index (Phi) is 10.0. The molecule has 1 aromatic heterocycles. The highest BCUT2D eigenvalue weighted by molar-refractivity contribution is 5.20. The molecule has 0 aliphatic carbocycles. The normalized spacial score (nSPS) is 10.3. The summed E-state index contributed by atoms with van der Waals surface area (Å²) in [6.07, 6.45) is 1.84. The summed E-state index contributed by atoms with van der Waals surface area (Å²) >= 11 is 0. The molecule has 110 valence electrons. The van der Waals surface area contributed by atoms with Crippen LogP contribution in [0.4, 0.5) is 0 Å². The van der Waals surface area contributed by atoms with Crippen LogP contribution in [0.5, 0.6) is 5.88 Å². The zero-order chi connectivity index (χ0) is 15.4. The molecular weight excluding hydrogens is 246 g/mol. The van der Waals surface area contributed by atoms with Gasteiger partial charge in [-0.15, -0.1) is 0 Å². The summed E-state index contributed by atoms with van der Waals surface area (Å²) in [5.74, 6) is 0.668. The Labute approximate surface area is 123 Å². The lowest BCUT2D eigenvalue weighted by atomic mass is 10.1. The molecule has 0 N–H and O–H groups in total. The molecule has 2 heteroatoms. The highest BCUT2D eigenvalue weighted by Crippen LogP contribution is 2.19. The van der Waals surface area contributed by atoms with Gasteiger partial charge in [-0.05, 0) is 25.0 Å². The smallest absolute Gasteiger partial charge is 0.213 e. The topological polar surface area (TPSA) is 22.1 Å². The first kappa shape index (κ1) is 18.2. The van der Waals surface area contributed by atoms with Gasteiger partial charge in [-0.1, -0.05) is 64.1 Å². The number of ether oxygens (including phenoxy) is 1.